The number of hydrogen-bond donors (Lipinski definition) is 1. The van der Waals surface area contributed by atoms with Crippen LogP contribution in [0.3, 0.4) is 0 Å². The van der Waals surface area contributed by atoms with Gasteiger partial charge < -0.3 is 9.72 Å². The van der Waals surface area contributed by atoms with Crippen LogP contribution in [0.4, 0.5) is 8.78 Å². The first-order chi connectivity index (χ1) is 13.4. The third-order valence-electron chi connectivity index (χ3n) is 4.18. The Morgan fingerprint density at radius 2 is 1.96 bits per heavy atom. The topological polar surface area (TPSA) is 65.9 Å². The predicted molar refractivity (Wildman–Crippen MR) is 102 cm³/mol. The average Bonchev–Trinajstić information content (AvgIpc) is 2.66. The van der Waals surface area contributed by atoms with Crippen LogP contribution in [0.25, 0.3) is 0 Å². The zero-order valence-corrected chi connectivity index (χ0v) is 15.6. The van der Waals surface area contributed by atoms with Crippen LogP contribution in [-0.4, -0.2) is 4.98 Å². The van der Waals surface area contributed by atoms with Gasteiger partial charge in [-0.2, -0.15) is 5.26 Å². The van der Waals surface area contributed by atoms with E-state index >= 15 is 0 Å². The highest BCUT2D eigenvalue weighted by Gasteiger charge is 2.18. The lowest BCUT2D eigenvalue weighted by atomic mass is 10.1. The quantitative estimate of drug-likeness (QED) is 0.650. The average molecular weight is 401 g/mol. The third-order valence-corrected chi connectivity index (χ3v) is 4.40. The summed E-state index contributed by atoms with van der Waals surface area (Å²) in [6.07, 6.45) is 0.489. The van der Waals surface area contributed by atoms with E-state index in [4.69, 9.17) is 21.6 Å². The van der Waals surface area contributed by atoms with Gasteiger partial charge in [0.25, 0.3) is 5.56 Å². The summed E-state index contributed by atoms with van der Waals surface area (Å²) in [6, 6.07) is 12.2. The minimum Gasteiger partial charge on any atom is -0.454 e. The molecule has 28 heavy (non-hydrogen) atoms. The van der Waals surface area contributed by atoms with Crippen molar-refractivity contribution < 1.29 is 13.5 Å². The van der Waals surface area contributed by atoms with Crippen molar-refractivity contribution in [3.05, 3.63) is 91.9 Å². The summed E-state index contributed by atoms with van der Waals surface area (Å²) in [6.45, 7) is 1.43. The molecule has 7 heteroatoms. The SMILES string of the molecule is Cc1c(Oc2cc(Cl)cc(C#N)c2)c(F)c(CCc2cccc(F)c2)[nH]c1=O. The normalized spacial score (nSPS) is 10.5. The second kappa shape index (κ2) is 8.24. The van der Waals surface area contributed by atoms with Gasteiger partial charge in [0.1, 0.15) is 11.6 Å². The van der Waals surface area contributed by atoms with E-state index < -0.39 is 11.4 Å². The van der Waals surface area contributed by atoms with Gasteiger partial charge >= 0.3 is 0 Å². The fourth-order valence-electron chi connectivity index (χ4n) is 2.75. The fourth-order valence-corrected chi connectivity index (χ4v) is 2.97. The largest absolute Gasteiger partial charge is 0.454 e. The highest BCUT2D eigenvalue weighted by atomic mass is 35.5. The molecule has 0 unspecified atom stereocenters. The molecule has 3 rings (SSSR count). The molecule has 142 valence electrons. The molecule has 0 aliphatic heterocycles. The Bertz CT molecular complexity index is 1140. The number of aryl methyl sites for hydroxylation is 2. The summed E-state index contributed by atoms with van der Waals surface area (Å²) in [5, 5.41) is 9.28. The van der Waals surface area contributed by atoms with E-state index in [1.807, 2.05) is 6.07 Å². The number of benzene rings is 2. The molecule has 4 nitrogen and oxygen atoms in total. The van der Waals surface area contributed by atoms with Gasteiger partial charge in [0, 0.05) is 5.02 Å². The van der Waals surface area contributed by atoms with Gasteiger partial charge in [-0.25, -0.2) is 8.78 Å². The molecule has 0 aliphatic rings. The van der Waals surface area contributed by atoms with Gasteiger partial charge in [-0.05, 0) is 55.7 Å². The van der Waals surface area contributed by atoms with Crippen molar-refractivity contribution in [2.75, 3.05) is 0 Å². The van der Waals surface area contributed by atoms with Crippen LogP contribution >= 0.6 is 11.6 Å². The number of nitrogens with one attached hydrogen (secondary N) is 1. The Morgan fingerprint density at radius 1 is 1.18 bits per heavy atom. The number of aromatic nitrogens is 1. The molecule has 0 bridgehead atoms. The van der Waals surface area contributed by atoms with Crippen molar-refractivity contribution in [1.29, 1.82) is 5.26 Å². The number of hydrogen-bond acceptors (Lipinski definition) is 3. The molecular formula is C21H15ClF2N2O2. The standard InChI is InChI=1S/C21H15ClF2N2O2/c1-12-20(28-17-9-14(11-25)7-15(22)10-17)19(24)18(26-21(12)27)6-5-13-3-2-4-16(23)8-13/h2-4,7-10H,5-6H2,1H3,(H,26,27). The lowest BCUT2D eigenvalue weighted by Crippen LogP contribution is -2.16. The summed E-state index contributed by atoms with van der Waals surface area (Å²) >= 11 is 5.94. The van der Waals surface area contributed by atoms with Crippen LogP contribution in [-0.2, 0) is 12.8 Å². The van der Waals surface area contributed by atoms with Crippen molar-refractivity contribution in [1.82, 2.24) is 4.98 Å². The number of rotatable bonds is 5. The predicted octanol–water partition coefficient (Wildman–Crippen LogP) is 5.06. The molecule has 1 aromatic heterocycles. The summed E-state index contributed by atoms with van der Waals surface area (Å²) in [5.41, 5.74) is 0.546. The molecule has 0 saturated heterocycles. The molecule has 0 fully saturated rings. The van der Waals surface area contributed by atoms with Crippen molar-refractivity contribution >= 4 is 11.6 Å². The Labute approximate surface area is 165 Å². The maximum absolute atomic E-state index is 15.0. The molecule has 0 saturated carbocycles. The Morgan fingerprint density at radius 3 is 2.68 bits per heavy atom. The minimum atomic E-state index is -0.716. The molecule has 0 atom stereocenters. The second-order valence-corrected chi connectivity index (χ2v) is 6.66. The molecule has 0 aliphatic carbocycles. The number of ether oxygens (including phenoxy) is 1. The third kappa shape index (κ3) is 4.38. The van der Waals surface area contributed by atoms with E-state index in [0.717, 1.165) is 0 Å². The molecule has 0 radical (unpaired) electrons. The van der Waals surface area contributed by atoms with Gasteiger partial charge in [0.15, 0.2) is 11.6 Å². The van der Waals surface area contributed by atoms with Crippen LogP contribution in [0.15, 0.2) is 47.3 Å². The smallest absolute Gasteiger partial charge is 0.255 e. The summed E-state index contributed by atoms with van der Waals surface area (Å²) in [5.74, 6) is -1.18. The first-order valence-corrected chi connectivity index (χ1v) is 8.79. The number of aromatic amines is 1. The van der Waals surface area contributed by atoms with Crippen LogP contribution in [0.2, 0.25) is 5.02 Å². The van der Waals surface area contributed by atoms with Crippen molar-refractivity contribution in [3.63, 3.8) is 0 Å². The second-order valence-electron chi connectivity index (χ2n) is 6.22. The van der Waals surface area contributed by atoms with E-state index in [-0.39, 0.29) is 45.6 Å². The van der Waals surface area contributed by atoms with Crippen LogP contribution in [0, 0.1) is 29.9 Å². The molecule has 1 N–H and O–H groups in total. The fraction of sp³-hybridized carbons (Fsp3) is 0.143. The number of pyridine rings is 1. The Hall–Kier alpha value is -3.17. The number of nitriles is 1. The number of H-pyrrole nitrogens is 1. The molecule has 1 heterocycles. The van der Waals surface area contributed by atoms with Crippen LogP contribution < -0.4 is 10.3 Å². The molecular weight excluding hydrogens is 386 g/mol. The van der Waals surface area contributed by atoms with Crippen molar-refractivity contribution in [2.24, 2.45) is 0 Å². The van der Waals surface area contributed by atoms with Crippen molar-refractivity contribution in [2.45, 2.75) is 19.8 Å². The lowest BCUT2D eigenvalue weighted by molar-refractivity contribution is 0.430. The molecule has 0 spiro atoms. The monoisotopic (exact) mass is 400 g/mol. The lowest BCUT2D eigenvalue weighted by Gasteiger charge is -2.13. The highest BCUT2D eigenvalue weighted by Crippen LogP contribution is 2.30. The minimum absolute atomic E-state index is 0.0531. The highest BCUT2D eigenvalue weighted by molar-refractivity contribution is 6.30. The van der Waals surface area contributed by atoms with Crippen molar-refractivity contribution in [3.8, 4) is 17.6 Å². The zero-order valence-electron chi connectivity index (χ0n) is 14.9. The first kappa shape index (κ1) is 19.6. The summed E-state index contributed by atoms with van der Waals surface area (Å²) in [4.78, 5) is 14.7. The first-order valence-electron chi connectivity index (χ1n) is 8.41. The van der Waals surface area contributed by atoms with Gasteiger partial charge in [-0.3, -0.25) is 4.79 Å². The zero-order chi connectivity index (χ0) is 20.3. The van der Waals surface area contributed by atoms with E-state index in [1.165, 1.54) is 37.3 Å². The Kier molecular flexibility index (Phi) is 5.76. The van der Waals surface area contributed by atoms with Crippen LogP contribution in [0.1, 0.15) is 22.4 Å². The number of halogens is 3. The van der Waals surface area contributed by atoms with E-state index in [9.17, 15) is 13.6 Å². The van der Waals surface area contributed by atoms with E-state index in [2.05, 4.69) is 4.98 Å². The van der Waals surface area contributed by atoms with Crippen LogP contribution in [0.5, 0.6) is 11.5 Å². The summed E-state index contributed by atoms with van der Waals surface area (Å²) < 4.78 is 33.9. The molecule has 2 aromatic carbocycles. The summed E-state index contributed by atoms with van der Waals surface area (Å²) in [7, 11) is 0. The maximum Gasteiger partial charge on any atom is 0.255 e. The molecule has 3 aromatic rings. The van der Waals surface area contributed by atoms with Gasteiger partial charge in [0.2, 0.25) is 0 Å². The Balaban J connectivity index is 1.93. The van der Waals surface area contributed by atoms with Gasteiger partial charge in [0.05, 0.1) is 22.9 Å². The van der Waals surface area contributed by atoms with E-state index in [0.29, 0.717) is 12.0 Å². The number of nitrogens with zero attached hydrogens (tertiary/aromatic N) is 1. The van der Waals surface area contributed by atoms with E-state index in [1.54, 1.807) is 12.1 Å². The molecule has 0 amide bonds. The van der Waals surface area contributed by atoms with Gasteiger partial charge in [-0.1, -0.05) is 23.7 Å². The van der Waals surface area contributed by atoms with Gasteiger partial charge in [-0.15, -0.1) is 0 Å². The maximum atomic E-state index is 15.0.